The second kappa shape index (κ2) is 5.76. The maximum atomic E-state index is 5.15. The molecule has 0 amide bonds. The Morgan fingerprint density at radius 3 is 3.24 bits per heavy atom. The smallest absolute Gasteiger partial charge is 0.166 e. The van der Waals surface area contributed by atoms with Gasteiger partial charge in [-0.1, -0.05) is 23.7 Å². The Kier molecular flexibility index (Phi) is 4.08. The van der Waals surface area contributed by atoms with E-state index in [1.54, 1.807) is 11.8 Å². The first-order valence-electron chi connectivity index (χ1n) is 5.53. The maximum Gasteiger partial charge on any atom is 0.166 e. The molecule has 4 heteroatoms. The second-order valence-electron chi connectivity index (χ2n) is 3.79. The number of benzene rings is 1. The number of rotatable bonds is 5. The minimum absolute atomic E-state index is 0.625. The Morgan fingerprint density at radius 1 is 1.53 bits per heavy atom. The van der Waals surface area contributed by atoms with Crippen molar-refractivity contribution in [3.63, 3.8) is 0 Å². The molecule has 0 radical (unpaired) electrons. The summed E-state index contributed by atoms with van der Waals surface area (Å²) in [7, 11) is 0. The van der Waals surface area contributed by atoms with Crippen molar-refractivity contribution in [2.24, 2.45) is 0 Å². The molecule has 0 fully saturated rings. The molecule has 88 valence electrons. The van der Waals surface area contributed by atoms with Crippen LogP contribution in [0.15, 0.2) is 23.4 Å². The molecule has 3 nitrogen and oxygen atoms in total. The number of imidazole rings is 1. The molecule has 1 aromatic heterocycles. The van der Waals surface area contributed by atoms with Crippen LogP contribution in [-0.4, -0.2) is 28.8 Å². The number of hydrogen-bond acceptors (Lipinski definition) is 3. The summed E-state index contributed by atoms with van der Waals surface area (Å²) in [5, 5.41) is 4.12. The topological polar surface area (TPSA) is 40.7 Å². The summed E-state index contributed by atoms with van der Waals surface area (Å²) in [4.78, 5) is 7.82. The van der Waals surface area contributed by atoms with E-state index in [0.29, 0.717) is 6.54 Å². The SMILES string of the molecule is C#CCNCCSc1nc2ccc(C)cc2[nH]1. The predicted octanol–water partition coefficient (Wildman–Crippen LogP) is 2.19. The van der Waals surface area contributed by atoms with Gasteiger partial charge in [-0.2, -0.15) is 0 Å². The van der Waals surface area contributed by atoms with Crippen molar-refractivity contribution in [2.45, 2.75) is 12.1 Å². The van der Waals surface area contributed by atoms with Gasteiger partial charge in [-0.05, 0) is 24.6 Å². The van der Waals surface area contributed by atoms with Gasteiger partial charge in [0.2, 0.25) is 0 Å². The lowest BCUT2D eigenvalue weighted by atomic mass is 10.2. The highest BCUT2D eigenvalue weighted by atomic mass is 32.2. The van der Waals surface area contributed by atoms with Crippen LogP contribution in [-0.2, 0) is 0 Å². The van der Waals surface area contributed by atoms with Crippen molar-refractivity contribution in [1.82, 2.24) is 15.3 Å². The fraction of sp³-hybridized carbons (Fsp3) is 0.308. The van der Waals surface area contributed by atoms with Crippen molar-refractivity contribution < 1.29 is 0 Å². The van der Waals surface area contributed by atoms with Crippen molar-refractivity contribution >= 4 is 22.8 Å². The molecule has 0 saturated heterocycles. The average molecular weight is 245 g/mol. The van der Waals surface area contributed by atoms with Crippen LogP contribution in [0.2, 0.25) is 0 Å². The molecular formula is C13H15N3S. The lowest BCUT2D eigenvalue weighted by Crippen LogP contribution is -2.16. The van der Waals surface area contributed by atoms with E-state index in [1.807, 2.05) is 6.07 Å². The van der Waals surface area contributed by atoms with Crippen LogP contribution in [0, 0.1) is 19.3 Å². The van der Waals surface area contributed by atoms with E-state index in [9.17, 15) is 0 Å². The van der Waals surface area contributed by atoms with Crippen LogP contribution in [0.1, 0.15) is 5.56 Å². The zero-order valence-corrected chi connectivity index (χ0v) is 10.6. The molecule has 1 heterocycles. The molecule has 0 unspecified atom stereocenters. The number of aromatic nitrogens is 2. The van der Waals surface area contributed by atoms with E-state index in [0.717, 1.165) is 28.5 Å². The normalized spacial score (nSPS) is 10.6. The minimum Gasteiger partial charge on any atom is -0.333 e. The largest absolute Gasteiger partial charge is 0.333 e. The van der Waals surface area contributed by atoms with Gasteiger partial charge in [-0.25, -0.2) is 4.98 Å². The van der Waals surface area contributed by atoms with Crippen LogP contribution in [0.5, 0.6) is 0 Å². The number of thioether (sulfide) groups is 1. The van der Waals surface area contributed by atoms with E-state index < -0.39 is 0 Å². The summed E-state index contributed by atoms with van der Waals surface area (Å²) < 4.78 is 0. The number of terminal acetylenes is 1. The van der Waals surface area contributed by atoms with Crippen LogP contribution < -0.4 is 5.32 Å². The third-order valence-electron chi connectivity index (χ3n) is 2.36. The first kappa shape index (κ1) is 12.0. The first-order chi connectivity index (χ1) is 8.29. The molecule has 1 aromatic carbocycles. The molecule has 0 atom stereocenters. The standard InChI is InChI=1S/C13H15N3S/c1-3-6-14-7-8-17-13-15-11-5-4-10(2)9-12(11)16-13/h1,4-5,9,14H,6-8H2,2H3,(H,15,16). The van der Waals surface area contributed by atoms with E-state index in [-0.39, 0.29) is 0 Å². The monoisotopic (exact) mass is 245 g/mol. The van der Waals surface area contributed by atoms with Crippen molar-refractivity contribution in [3.8, 4) is 12.3 Å². The number of H-pyrrole nitrogens is 1. The Hall–Kier alpha value is -1.44. The van der Waals surface area contributed by atoms with Gasteiger partial charge >= 0.3 is 0 Å². The predicted molar refractivity (Wildman–Crippen MR) is 73.3 cm³/mol. The van der Waals surface area contributed by atoms with Gasteiger partial charge in [0.1, 0.15) is 0 Å². The van der Waals surface area contributed by atoms with Gasteiger partial charge in [0.05, 0.1) is 17.6 Å². The number of nitrogens with one attached hydrogen (secondary N) is 2. The molecular weight excluding hydrogens is 230 g/mol. The molecule has 2 rings (SSSR count). The van der Waals surface area contributed by atoms with E-state index >= 15 is 0 Å². The second-order valence-corrected chi connectivity index (χ2v) is 4.88. The highest BCUT2D eigenvalue weighted by Crippen LogP contribution is 2.19. The fourth-order valence-electron chi connectivity index (χ4n) is 1.55. The molecule has 0 bridgehead atoms. The van der Waals surface area contributed by atoms with Gasteiger partial charge in [0.25, 0.3) is 0 Å². The first-order valence-corrected chi connectivity index (χ1v) is 6.51. The Morgan fingerprint density at radius 2 is 2.41 bits per heavy atom. The number of aryl methyl sites for hydroxylation is 1. The molecule has 2 aromatic rings. The van der Waals surface area contributed by atoms with Crippen molar-refractivity contribution in [1.29, 1.82) is 0 Å². The van der Waals surface area contributed by atoms with Crippen molar-refractivity contribution in [2.75, 3.05) is 18.8 Å². The molecule has 0 saturated carbocycles. The van der Waals surface area contributed by atoms with Gasteiger partial charge in [-0.3, -0.25) is 0 Å². The number of nitrogens with zero attached hydrogens (tertiary/aromatic N) is 1. The number of hydrogen-bond donors (Lipinski definition) is 2. The van der Waals surface area contributed by atoms with Crippen LogP contribution >= 0.6 is 11.8 Å². The third-order valence-corrected chi connectivity index (χ3v) is 3.24. The van der Waals surface area contributed by atoms with Gasteiger partial charge in [0, 0.05) is 12.3 Å². The maximum absolute atomic E-state index is 5.15. The van der Waals surface area contributed by atoms with E-state index in [2.05, 4.69) is 40.3 Å². The molecule has 0 spiro atoms. The molecule has 0 aliphatic rings. The summed E-state index contributed by atoms with van der Waals surface area (Å²) in [6, 6.07) is 6.23. The summed E-state index contributed by atoms with van der Waals surface area (Å²) in [5.74, 6) is 3.51. The van der Waals surface area contributed by atoms with Crippen LogP contribution in [0.4, 0.5) is 0 Å². The number of aromatic amines is 1. The van der Waals surface area contributed by atoms with Gasteiger partial charge < -0.3 is 10.3 Å². The number of fused-ring (bicyclic) bond motifs is 1. The average Bonchev–Trinajstić information content (AvgIpc) is 2.70. The Labute approximate surface area is 105 Å². The van der Waals surface area contributed by atoms with Crippen molar-refractivity contribution in [3.05, 3.63) is 23.8 Å². The van der Waals surface area contributed by atoms with Crippen LogP contribution in [0.25, 0.3) is 11.0 Å². The minimum atomic E-state index is 0.625. The Balaban J connectivity index is 1.93. The van der Waals surface area contributed by atoms with E-state index in [1.165, 1.54) is 5.56 Å². The summed E-state index contributed by atoms with van der Waals surface area (Å²) in [6.07, 6.45) is 5.15. The van der Waals surface area contributed by atoms with Gasteiger partial charge in [-0.15, -0.1) is 6.42 Å². The van der Waals surface area contributed by atoms with Gasteiger partial charge in [0.15, 0.2) is 5.16 Å². The zero-order chi connectivity index (χ0) is 12.1. The molecule has 17 heavy (non-hydrogen) atoms. The molecule has 2 N–H and O–H groups in total. The molecule has 0 aliphatic carbocycles. The van der Waals surface area contributed by atoms with Crippen LogP contribution in [0.3, 0.4) is 0 Å². The highest BCUT2D eigenvalue weighted by molar-refractivity contribution is 7.99. The summed E-state index contributed by atoms with van der Waals surface area (Å²) >= 11 is 1.70. The zero-order valence-electron chi connectivity index (χ0n) is 9.79. The molecule has 0 aliphatic heterocycles. The summed E-state index contributed by atoms with van der Waals surface area (Å²) in [5.41, 5.74) is 3.37. The third kappa shape index (κ3) is 3.26. The quantitative estimate of drug-likeness (QED) is 0.482. The highest BCUT2D eigenvalue weighted by Gasteiger charge is 2.02. The fourth-order valence-corrected chi connectivity index (χ4v) is 2.33. The lowest BCUT2D eigenvalue weighted by Gasteiger charge is -1.97. The summed E-state index contributed by atoms with van der Waals surface area (Å²) in [6.45, 7) is 3.60. The Bertz CT molecular complexity index is 539. The van der Waals surface area contributed by atoms with E-state index in [4.69, 9.17) is 6.42 Å². The lowest BCUT2D eigenvalue weighted by molar-refractivity contribution is 0.817.